The van der Waals surface area contributed by atoms with Crippen LogP contribution in [0.1, 0.15) is 17.5 Å². The van der Waals surface area contributed by atoms with E-state index in [0.717, 1.165) is 47.5 Å². The van der Waals surface area contributed by atoms with Gasteiger partial charge in [0.25, 0.3) is 0 Å². The van der Waals surface area contributed by atoms with Crippen molar-refractivity contribution in [3.8, 4) is 28.0 Å². The molecule has 2 aliphatic heterocycles. The van der Waals surface area contributed by atoms with Crippen LogP contribution in [0, 0.1) is 5.82 Å². The van der Waals surface area contributed by atoms with E-state index in [-0.39, 0.29) is 11.6 Å². The molecular weight excluding hydrogens is 371 g/mol. The molecule has 0 unspecified atom stereocenters. The molecule has 28 heavy (non-hydrogen) atoms. The van der Waals surface area contributed by atoms with Gasteiger partial charge >= 0.3 is 0 Å². The molecule has 5 heteroatoms. The van der Waals surface area contributed by atoms with Gasteiger partial charge in [-0.15, -0.1) is 0 Å². The molecule has 2 aliphatic rings. The maximum Gasteiger partial charge on any atom is 0.165 e. The molecule has 5 rings (SSSR count). The fourth-order valence-corrected chi connectivity index (χ4v) is 4.50. The molecule has 1 aromatic heterocycles. The fourth-order valence-electron chi connectivity index (χ4n) is 4.22. The van der Waals surface area contributed by atoms with Gasteiger partial charge in [-0.3, -0.25) is 4.98 Å². The highest BCUT2D eigenvalue weighted by atomic mass is 32.1. The zero-order chi connectivity index (χ0) is 19.3. The number of rotatable bonds is 3. The van der Waals surface area contributed by atoms with Crippen LogP contribution in [0.15, 0.2) is 48.8 Å². The number of aromatic nitrogens is 1. The fraction of sp³-hybridized carbons (Fsp3) is 0.217. The molecule has 0 atom stereocenters. The highest BCUT2D eigenvalue weighted by Crippen LogP contribution is 2.40. The van der Waals surface area contributed by atoms with Crippen molar-refractivity contribution >= 4 is 22.9 Å². The van der Waals surface area contributed by atoms with E-state index in [1.54, 1.807) is 18.3 Å². The van der Waals surface area contributed by atoms with Gasteiger partial charge in [-0.05, 0) is 65.4 Å². The summed E-state index contributed by atoms with van der Waals surface area (Å²) in [5.41, 5.74) is 8.11. The maximum absolute atomic E-state index is 13.8. The molecule has 140 valence electrons. The van der Waals surface area contributed by atoms with Crippen LogP contribution in [0.2, 0.25) is 0 Å². The lowest BCUT2D eigenvalue weighted by atomic mass is 9.93. The Balaban J connectivity index is 1.57. The molecule has 0 spiro atoms. The Bertz CT molecular complexity index is 1110. The van der Waals surface area contributed by atoms with Crippen molar-refractivity contribution in [2.75, 3.05) is 18.6 Å². The number of hydrogen-bond acceptors (Lipinski definition) is 3. The third kappa shape index (κ3) is 2.78. The number of ether oxygens (including phenoxy) is 1. The first-order valence-corrected chi connectivity index (χ1v) is 9.80. The summed E-state index contributed by atoms with van der Waals surface area (Å²) in [7, 11) is 1.47. The summed E-state index contributed by atoms with van der Waals surface area (Å²) in [4.78, 5) is 7.80. The molecule has 0 amide bonds. The van der Waals surface area contributed by atoms with E-state index >= 15 is 0 Å². The predicted octanol–water partition coefficient (Wildman–Crippen LogP) is 5.20. The zero-order valence-corrected chi connectivity index (χ0v) is 16.4. The van der Waals surface area contributed by atoms with Gasteiger partial charge in [-0.1, -0.05) is 18.3 Å². The van der Waals surface area contributed by atoms with E-state index in [0.29, 0.717) is 0 Å². The van der Waals surface area contributed by atoms with E-state index in [4.69, 9.17) is 17.0 Å². The van der Waals surface area contributed by atoms with Crippen molar-refractivity contribution in [3.05, 3.63) is 65.7 Å². The summed E-state index contributed by atoms with van der Waals surface area (Å²) < 4.78 is 18.9. The third-order valence-electron chi connectivity index (χ3n) is 5.61. The van der Waals surface area contributed by atoms with Crippen LogP contribution in [0.5, 0.6) is 5.75 Å². The van der Waals surface area contributed by atoms with Crippen molar-refractivity contribution in [3.63, 3.8) is 0 Å². The number of thiocarbonyl (C=S) groups is 1. The van der Waals surface area contributed by atoms with Gasteiger partial charge in [-0.25, -0.2) is 4.39 Å². The lowest BCUT2D eigenvalue weighted by molar-refractivity contribution is 0.387. The van der Waals surface area contributed by atoms with E-state index in [9.17, 15) is 4.39 Å². The summed E-state index contributed by atoms with van der Waals surface area (Å²) in [5, 5.41) is 0. The van der Waals surface area contributed by atoms with Gasteiger partial charge in [0.1, 0.15) is 0 Å². The van der Waals surface area contributed by atoms with E-state index in [1.807, 2.05) is 6.20 Å². The minimum absolute atomic E-state index is 0.237. The van der Waals surface area contributed by atoms with Gasteiger partial charge in [0.2, 0.25) is 0 Å². The minimum atomic E-state index is -0.365. The first-order valence-electron chi connectivity index (χ1n) is 9.39. The first kappa shape index (κ1) is 17.3. The lowest BCUT2D eigenvalue weighted by Crippen LogP contribution is -2.31. The quantitative estimate of drug-likeness (QED) is 0.574. The molecular formula is C23H19FN2OS. The second-order valence-corrected chi connectivity index (χ2v) is 7.72. The molecule has 3 nitrogen and oxygen atoms in total. The van der Waals surface area contributed by atoms with Crippen molar-refractivity contribution in [2.24, 2.45) is 0 Å². The third-order valence-corrected chi connectivity index (χ3v) is 6.03. The normalized spacial score (nSPS) is 14.9. The summed E-state index contributed by atoms with van der Waals surface area (Å²) in [6.45, 7) is 0.984. The van der Waals surface area contributed by atoms with E-state index in [2.05, 4.69) is 28.1 Å². The van der Waals surface area contributed by atoms with Crippen LogP contribution in [0.4, 0.5) is 10.1 Å². The standard InChI is InChI=1S/C23H19FN2OS/c1-27-21-11-14(2-4-20(21)24)18-10-19(13-25-12-18)17-8-15-3-5-22(28)26-7-6-16(9-17)23(15)26/h2,4,8-13H,3,5-7H2,1H3. The number of benzene rings is 2. The van der Waals surface area contributed by atoms with E-state index < -0.39 is 0 Å². The summed E-state index contributed by atoms with van der Waals surface area (Å²) in [5.74, 6) is -0.128. The Kier molecular flexibility index (Phi) is 4.13. The number of methoxy groups -OCH3 is 1. The smallest absolute Gasteiger partial charge is 0.165 e. The number of halogens is 1. The Hall–Kier alpha value is -2.79. The summed E-state index contributed by atoms with van der Waals surface area (Å²) in [6.07, 6.45) is 6.65. The van der Waals surface area contributed by atoms with Crippen LogP contribution in [0.3, 0.4) is 0 Å². The first-order chi connectivity index (χ1) is 13.6. The minimum Gasteiger partial charge on any atom is -0.494 e. The molecule has 0 saturated carbocycles. The maximum atomic E-state index is 13.8. The SMILES string of the molecule is COc1cc(-c2cncc(-c3cc4c5c(c3)CCN5C(=S)CC4)c2)ccc1F. The molecule has 0 aliphatic carbocycles. The van der Waals surface area contributed by atoms with Gasteiger partial charge < -0.3 is 9.64 Å². The summed E-state index contributed by atoms with van der Waals surface area (Å²) >= 11 is 5.54. The average Bonchev–Trinajstić information content (AvgIpc) is 3.16. The van der Waals surface area contributed by atoms with Crippen LogP contribution >= 0.6 is 12.2 Å². The average molecular weight is 390 g/mol. The zero-order valence-electron chi connectivity index (χ0n) is 15.5. The molecule has 0 saturated heterocycles. The van der Waals surface area contributed by atoms with Crippen LogP contribution in [-0.4, -0.2) is 23.6 Å². The number of anilines is 1. The highest BCUT2D eigenvalue weighted by Gasteiger charge is 2.29. The van der Waals surface area contributed by atoms with Crippen molar-refractivity contribution < 1.29 is 9.13 Å². The predicted molar refractivity (Wildman–Crippen MR) is 114 cm³/mol. The van der Waals surface area contributed by atoms with Gasteiger partial charge in [0, 0.05) is 42.2 Å². The molecule has 2 aromatic carbocycles. The Labute approximate surface area is 168 Å². The topological polar surface area (TPSA) is 25.4 Å². The molecule has 0 bridgehead atoms. The Morgan fingerprint density at radius 2 is 1.68 bits per heavy atom. The van der Waals surface area contributed by atoms with Crippen LogP contribution < -0.4 is 9.64 Å². The van der Waals surface area contributed by atoms with Crippen LogP contribution in [-0.2, 0) is 12.8 Å². The van der Waals surface area contributed by atoms with Crippen LogP contribution in [0.25, 0.3) is 22.3 Å². The number of pyridine rings is 1. The van der Waals surface area contributed by atoms with Crippen molar-refractivity contribution in [2.45, 2.75) is 19.3 Å². The monoisotopic (exact) mass is 390 g/mol. The van der Waals surface area contributed by atoms with Gasteiger partial charge in [-0.2, -0.15) is 0 Å². The highest BCUT2D eigenvalue weighted by molar-refractivity contribution is 7.80. The van der Waals surface area contributed by atoms with Gasteiger partial charge in [0.05, 0.1) is 12.1 Å². The molecule has 0 fully saturated rings. The van der Waals surface area contributed by atoms with Crippen molar-refractivity contribution in [1.82, 2.24) is 4.98 Å². The second kappa shape index (κ2) is 6.67. The Morgan fingerprint density at radius 1 is 0.929 bits per heavy atom. The lowest BCUT2D eigenvalue weighted by Gasteiger charge is -2.28. The number of hydrogen-bond donors (Lipinski definition) is 0. The molecule has 0 radical (unpaired) electrons. The van der Waals surface area contributed by atoms with E-state index in [1.165, 1.54) is 35.6 Å². The summed E-state index contributed by atoms with van der Waals surface area (Å²) in [6, 6.07) is 11.5. The molecule has 3 heterocycles. The number of nitrogens with zero attached hydrogens (tertiary/aromatic N) is 2. The molecule has 0 N–H and O–H groups in total. The largest absolute Gasteiger partial charge is 0.494 e. The van der Waals surface area contributed by atoms with Gasteiger partial charge in [0.15, 0.2) is 11.6 Å². The molecule has 3 aromatic rings. The second-order valence-electron chi connectivity index (χ2n) is 7.25. The van der Waals surface area contributed by atoms with Crippen molar-refractivity contribution in [1.29, 1.82) is 0 Å². The number of aryl methyl sites for hydroxylation is 1. The Morgan fingerprint density at radius 3 is 2.46 bits per heavy atom.